The molecule has 2 atom stereocenters. The highest BCUT2D eigenvalue weighted by Gasteiger charge is 2.43. The van der Waals surface area contributed by atoms with Gasteiger partial charge in [-0.1, -0.05) is 12.1 Å². The summed E-state index contributed by atoms with van der Waals surface area (Å²) in [4.78, 5) is 25.4. The Hall–Kier alpha value is -1.11. The van der Waals surface area contributed by atoms with Gasteiger partial charge in [0, 0.05) is 23.0 Å². The number of hydrogen-bond donors (Lipinski definition) is 0. The van der Waals surface area contributed by atoms with E-state index in [0.29, 0.717) is 13.0 Å². The van der Waals surface area contributed by atoms with E-state index in [-0.39, 0.29) is 17.8 Å². The molecule has 1 saturated heterocycles. The Balaban J connectivity index is 2.29. The highest BCUT2D eigenvalue weighted by Crippen LogP contribution is 2.34. The number of ether oxygens (including phenoxy) is 1. The number of amides is 1. The zero-order valence-corrected chi connectivity index (χ0v) is 13.1. The zero-order chi connectivity index (χ0) is 14.0. The van der Waals surface area contributed by atoms with Gasteiger partial charge < -0.3 is 9.64 Å². The molecule has 1 heterocycles. The molecule has 1 fully saturated rings. The molecule has 0 N–H and O–H groups in total. The fourth-order valence-corrected chi connectivity index (χ4v) is 2.79. The molecule has 1 aromatic carbocycles. The fourth-order valence-electron chi connectivity index (χ4n) is 2.43. The minimum absolute atomic E-state index is 0.0124. The van der Waals surface area contributed by atoms with E-state index in [1.807, 2.05) is 24.3 Å². The van der Waals surface area contributed by atoms with Gasteiger partial charge in [-0.05, 0) is 47.2 Å². The molecule has 2 unspecified atom stereocenters. The highest BCUT2D eigenvalue weighted by atomic mass is 127. The number of esters is 1. The maximum absolute atomic E-state index is 12.0. The number of nitrogens with zero attached hydrogens (tertiary/aromatic N) is 1. The van der Waals surface area contributed by atoms with Crippen molar-refractivity contribution in [2.24, 2.45) is 0 Å². The van der Waals surface area contributed by atoms with E-state index in [0.717, 1.165) is 9.13 Å². The number of likely N-dealkylation sites (tertiary alicyclic amines) is 1. The first kappa shape index (κ1) is 14.3. The van der Waals surface area contributed by atoms with Crippen molar-refractivity contribution in [2.75, 3.05) is 13.7 Å². The number of carbonyl (C=O) groups excluding carboxylic acids is 2. The van der Waals surface area contributed by atoms with E-state index < -0.39 is 6.04 Å². The average Bonchev–Trinajstić information content (AvgIpc) is 2.67. The Kier molecular flexibility index (Phi) is 4.44. The maximum Gasteiger partial charge on any atom is 0.329 e. The third-order valence-corrected chi connectivity index (χ3v) is 4.13. The molecule has 2 rings (SSSR count). The van der Waals surface area contributed by atoms with Gasteiger partial charge in [-0.25, -0.2) is 4.79 Å². The first-order valence-electron chi connectivity index (χ1n) is 6.22. The van der Waals surface area contributed by atoms with Gasteiger partial charge in [0.15, 0.2) is 0 Å². The molecule has 0 bridgehead atoms. The lowest BCUT2D eigenvalue weighted by molar-refractivity contribution is -0.150. The molecule has 1 aromatic rings. The summed E-state index contributed by atoms with van der Waals surface area (Å²) >= 11 is 2.23. The topological polar surface area (TPSA) is 46.6 Å². The van der Waals surface area contributed by atoms with E-state index in [2.05, 4.69) is 22.6 Å². The standard InChI is InChI=1S/C14H16INO3/c1-3-19-14(18)13-11(8-12(17)16(13)2)9-4-6-10(15)7-5-9/h4-7,11,13H,3,8H2,1-2H3. The Morgan fingerprint density at radius 2 is 2.05 bits per heavy atom. The van der Waals surface area contributed by atoms with Crippen molar-refractivity contribution in [1.82, 2.24) is 4.90 Å². The van der Waals surface area contributed by atoms with Crippen LogP contribution in [-0.2, 0) is 14.3 Å². The van der Waals surface area contributed by atoms with Crippen LogP contribution in [0.3, 0.4) is 0 Å². The molecule has 102 valence electrons. The summed E-state index contributed by atoms with van der Waals surface area (Å²) in [6, 6.07) is 7.42. The Labute approximate surface area is 126 Å². The van der Waals surface area contributed by atoms with Crippen LogP contribution in [-0.4, -0.2) is 36.5 Å². The van der Waals surface area contributed by atoms with Crippen LogP contribution in [0.1, 0.15) is 24.8 Å². The van der Waals surface area contributed by atoms with Crippen molar-refractivity contribution in [2.45, 2.75) is 25.3 Å². The summed E-state index contributed by atoms with van der Waals surface area (Å²) in [5.74, 6) is -0.449. The van der Waals surface area contributed by atoms with Gasteiger partial charge in [-0.2, -0.15) is 0 Å². The van der Waals surface area contributed by atoms with Gasteiger partial charge in [-0.3, -0.25) is 4.79 Å². The van der Waals surface area contributed by atoms with Gasteiger partial charge in [0.2, 0.25) is 5.91 Å². The number of carbonyl (C=O) groups is 2. The number of benzene rings is 1. The first-order chi connectivity index (χ1) is 9.04. The summed E-state index contributed by atoms with van der Waals surface area (Å²) < 4.78 is 6.22. The monoisotopic (exact) mass is 373 g/mol. The minimum Gasteiger partial charge on any atom is -0.464 e. The molecule has 1 amide bonds. The SMILES string of the molecule is CCOC(=O)C1C(c2ccc(I)cc2)CC(=O)N1C. The molecule has 19 heavy (non-hydrogen) atoms. The van der Waals surface area contributed by atoms with Crippen LogP contribution in [0.5, 0.6) is 0 Å². The second-order valence-corrected chi connectivity index (χ2v) is 5.81. The number of likely N-dealkylation sites (N-methyl/N-ethyl adjacent to an activating group) is 1. The molecule has 1 aliphatic rings. The number of hydrogen-bond acceptors (Lipinski definition) is 3. The van der Waals surface area contributed by atoms with Crippen LogP contribution >= 0.6 is 22.6 Å². The van der Waals surface area contributed by atoms with Gasteiger partial charge in [0.25, 0.3) is 0 Å². The highest BCUT2D eigenvalue weighted by molar-refractivity contribution is 14.1. The summed E-state index contributed by atoms with van der Waals surface area (Å²) in [7, 11) is 1.66. The van der Waals surface area contributed by atoms with Gasteiger partial charge in [-0.15, -0.1) is 0 Å². The summed E-state index contributed by atoms with van der Waals surface area (Å²) in [6.45, 7) is 2.10. The van der Waals surface area contributed by atoms with Crippen molar-refractivity contribution in [3.8, 4) is 0 Å². The fraction of sp³-hybridized carbons (Fsp3) is 0.429. The smallest absolute Gasteiger partial charge is 0.329 e. The number of halogens is 1. The lowest BCUT2D eigenvalue weighted by Gasteiger charge is -2.23. The van der Waals surface area contributed by atoms with Crippen molar-refractivity contribution in [3.05, 3.63) is 33.4 Å². The van der Waals surface area contributed by atoms with Crippen LogP contribution < -0.4 is 0 Å². The first-order valence-corrected chi connectivity index (χ1v) is 7.30. The van der Waals surface area contributed by atoms with Crippen LogP contribution in [0.25, 0.3) is 0 Å². The predicted molar refractivity (Wildman–Crippen MR) is 79.7 cm³/mol. The average molecular weight is 373 g/mol. The molecule has 1 aliphatic heterocycles. The molecule has 0 saturated carbocycles. The third kappa shape index (κ3) is 2.91. The second kappa shape index (κ2) is 5.90. The quantitative estimate of drug-likeness (QED) is 0.603. The second-order valence-electron chi connectivity index (χ2n) is 4.56. The van der Waals surface area contributed by atoms with Crippen LogP contribution in [0.15, 0.2) is 24.3 Å². The van der Waals surface area contributed by atoms with Gasteiger partial charge in [0.05, 0.1) is 6.61 Å². The molecule has 0 radical (unpaired) electrons. The molecule has 5 heteroatoms. The van der Waals surface area contributed by atoms with Crippen molar-refractivity contribution < 1.29 is 14.3 Å². The van der Waals surface area contributed by atoms with E-state index >= 15 is 0 Å². The molecular weight excluding hydrogens is 357 g/mol. The van der Waals surface area contributed by atoms with E-state index in [9.17, 15) is 9.59 Å². The molecule has 0 aliphatic carbocycles. The van der Waals surface area contributed by atoms with E-state index in [1.54, 1.807) is 14.0 Å². The Morgan fingerprint density at radius 1 is 1.42 bits per heavy atom. The largest absolute Gasteiger partial charge is 0.464 e. The number of rotatable bonds is 3. The molecule has 0 spiro atoms. The summed E-state index contributed by atoms with van der Waals surface area (Å²) in [6.07, 6.45) is 0.362. The minimum atomic E-state index is -0.507. The van der Waals surface area contributed by atoms with Crippen molar-refractivity contribution in [3.63, 3.8) is 0 Å². The van der Waals surface area contributed by atoms with E-state index in [1.165, 1.54) is 4.90 Å². The Bertz CT molecular complexity index is 486. The molecule has 0 aromatic heterocycles. The van der Waals surface area contributed by atoms with Crippen LogP contribution in [0.2, 0.25) is 0 Å². The van der Waals surface area contributed by atoms with Gasteiger partial charge in [0.1, 0.15) is 6.04 Å². The molecule has 4 nitrogen and oxygen atoms in total. The van der Waals surface area contributed by atoms with Crippen molar-refractivity contribution in [1.29, 1.82) is 0 Å². The third-order valence-electron chi connectivity index (χ3n) is 3.41. The molecular formula is C14H16INO3. The predicted octanol–water partition coefficient (Wildman–Crippen LogP) is 2.17. The summed E-state index contributed by atoms with van der Waals surface area (Å²) in [5, 5.41) is 0. The lowest BCUT2D eigenvalue weighted by Crippen LogP contribution is -2.39. The Morgan fingerprint density at radius 3 is 2.63 bits per heavy atom. The normalized spacial score (nSPS) is 22.7. The zero-order valence-electron chi connectivity index (χ0n) is 10.9. The van der Waals surface area contributed by atoms with E-state index in [4.69, 9.17) is 4.74 Å². The summed E-state index contributed by atoms with van der Waals surface area (Å²) in [5.41, 5.74) is 1.01. The van der Waals surface area contributed by atoms with Gasteiger partial charge >= 0.3 is 5.97 Å². The van der Waals surface area contributed by atoms with Crippen molar-refractivity contribution >= 4 is 34.5 Å². The lowest BCUT2D eigenvalue weighted by atomic mass is 9.92. The van der Waals surface area contributed by atoms with Crippen LogP contribution in [0.4, 0.5) is 0 Å². The van der Waals surface area contributed by atoms with Crippen LogP contribution in [0, 0.1) is 3.57 Å². The maximum atomic E-state index is 12.0.